The molecule has 0 spiro atoms. The second kappa shape index (κ2) is 6.15. The number of rotatable bonds is 5. The van der Waals surface area contributed by atoms with Gasteiger partial charge in [-0.25, -0.2) is 4.39 Å². The Morgan fingerprint density at radius 1 is 1.21 bits per heavy atom. The van der Waals surface area contributed by atoms with E-state index < -0.39 is 0 Å². The predicted octanol–water partition coefficient (Wildman–Crippen LogP) is 1.53. The van der Waals surface area contributed by atoms with Crippen molar-refractivity contribution in [2.75, 3.05) is 6.61 Å². The van der Waals surface area contributed by atoms with Crippen molar-refractivity contribution in [1.29, 1.82) is 0 Å². The molecule has 1 aromatic heterocycles. The van der Waals surface area contributed by atoms with Crippen LogP contribution >= 0.6 is 0 Å². The van der Waals surface area contributed by atoms with E-state index in [4.69, 9.17) is 10.5 Å². The van der Waals surface area contributed by atoms with Gasteiger partial charge in [-0.3, -0.25) is 4.79 Å². The molecule has 0 saturated carbocycles. The predicted molar refractivity (Wildman–Crippen MR) is 70.5 cm³/mol. The van der Waals surface area contributed by atoms with E-state index in [1.54, 1.807) is 30.5 Å². The van der Waals surface area contributed by atoms with E-state index in [1.807, 2.05) is 0 Å². The first-order valence-electron chi connectivity index (χ1n) is 5.98. The summed E-state index contributed by atoms with van der Waals surface area (Å²) in [5.41, 5.74) is 5.74. The zero-order valence-electron chi connectivity index (χ0n) is 10.4. The fraction of sp³-hybridized carbons (Fsp3) is 0.214. The molecule has 2 rings (SSSR count). The van der Waals surface area contributed by atoms with Crippen LogP contribution in [0.25, 0.3) is 0 Å². The van der Waals surface area contributed by atoms with E-state index in [-0.39, 0.29) is 24.5 Å². The average molecular weight is 262 g/mol. The summed E-state index contributed by atoms with van der Waals surface area (Å²) < 4.78 is 20.5. The Balaban J connectivity index is 2.02. The third-order valence-corrected chi connectivity index (χ3v) is 2.77. The van der Waals surface area contributed by atoms with Gasteiger partial charge in [0.15, 0.2) is 0 Å². The molecule has 5 heteroatoms. The quantitative estimate of drug-likeness (QED) is 0.889. The van der Waals surface area contributed by atoms with Crippen LogP contribution in [0.15, 0.2) is 47.4 Å². The number of aromatic nitrogens is 1. The van der Waals surface area contributed by atoms with Crippen molar-refractivity contribution in [3.63, 3.8) is 0 Å². The van der Waals surface area contributed by atoms with E-state index in [0.717, 1.165) is 0 Å². The van der Waals surface area contributed by atoms with Gasteiger partial charge in [0, 0.05) is 24.4 Å². The molecule has 1 heterocycles. The summed E-state index contributed by atoms with van der Waals surface area (Å²) in [5, 5.41) is 0. The number of nitrogens with two attached hydrogens (primary N) is 1. The number of hydrogen-bond acceptors (Lipinski definition) is 3. The standard InChI is InChI=1S/C14H15FN2O2/c15-12-4-3-5-13(11(12)10-16)19-9-8-17-7-2-1-6-14(17)18/h1-7H,8-10,16H2. The molecule has 0 bridgehead atoms. The van der Waals surface area contributed by atoms with Crippen LogP contribution in [-0.4, -0.2) is 11.2 Å². The maximum Gasteiger partial charge on any atom is 0.250 e. The van der Waals surface area contributed by atoms with Gasteiger partial charge in [-0.15, -0.1) is 0 Å². The molecular weight excluding hydrogens is 247 g/mol. The lowest BCUT2D eigenvalue weighted by molar-refractivity contribution is 0.291. The highest BCUT2D eigenvalue weighted by Gasteiger charge is 2.07. The molecule has 0 unspecified atom stereocenters. The molecule has 0 aliphatic rings. The fourth-order valence-corrected chi connectivity index (χ4v) is 1.77. The van der Waals surface area contributed by atoms with Crippen LogP contribution in [0.4, 0.5) is 4.39 Å². The van der Waals surface area contributed by atoms with Gasteiger partial charge in [0.05, 0.1) is 6.54 Å². The van der Waals surface area contributed by atoms with Crippen LogP contribution in [0.3, 0.4) is 0 Å². The number of benzene rings is 1. The summed E-state index contributed by atoms with van der Waals surface area (Å²) >= 11 is 0. The van der Waals surface area contributed by atoms with Crippen molar-refractivity contribution in [3.05, 3.63) is 64.3 Å². The lowest BCUT2D eigenvalue weighted by Gasteiger charge is -2.11. The highest BCUT2D eigenvalue weighted by Crippen LogP contribution is 2.20. The van der Waals surface area contributed by atoms with Gasteiger partial charge >= 0.3 is 0 Å². The first-order valence-corrected chi connectivity index (χ1v) is 5.98. The Kier molecular flexibility index (Phi) is 4.30. The van der Waals surface area contributed by atoms with E-state index >= 15 is 0 Å². The van der Waals surface area contributed by atoms with Crippen molar-refractivity contribution < 1.29 is 9.13 Å². The van der Waals surface area contributed by atoms with Crippen LogP contribution < -0.4 is 16.0 Å². The molecule has 0 atom stereocenters. The minimum Gasteiger partial charge on any atom is -0.491 e. The lowest BCUT2D eigenvalue weighted by Crippen LogP contribution is -2.21. The van der Waals surface area contributed by atoms with Gasteiger partial charge in [0.1, 0.15) is 18.2 Å². The Bertz CT molecular complexity index is 610. The van der Waals surface area contributed by atoms with Gasteiger partial charge in [-0.05, 0) is 18.2 Å². The third-order valence-electron chi connectivity index (χ3n) is 2.77. The molecule has 100 valence electrons. The molecule has 2 aromatic rings. The summed E-state index contributed by atoms with van der Waals surface area (Å²) in [7, 11) is 0. The average Bonchev–Trinajstić information content (AvgIpc) is 2.41. The van der Waals surface area contributed by atoms with Gasteiger partial charge in [0.2, 0.25) is 0 Å². The highest BCUT2D eigenvalue weighted by atomic mass is 19.1. The molecule has 0 aliphatic carbocycles. The molecule has 4 nitrogen and oxygen atoms in total. The third kappa shape index (κ3) is 3.20. The Labute approximate surface area is 110 Å². The first-order chi connectivity index (χ1) is 9.22. The van der Waals surface area contributed by atoms with Crippen LogP contribution in [0.2, 0.25) is 0 Å². The van der Waals surface area contributed by atoms with Gasteiger partial charge in [0.25, 0.3) is 5.56 Å². The van der Waals surface area contributed by atoms with Crippen molar-refractivity contribution in [2.45, 2.75) is 13.1 Å². The second-order valence-corrected chi connectivity index (χ2v) is 4.00. The van der Waals surface area contributed by atoms with E-state index in [1.165, 1.54) is 16.7 Å². The monoisotopic (exact) mass is 262 g/mol. The van der Waals surface area contributed by atoms with Crippen molar-refractivity contribution in [2.24, 2.45) is 5.73 Å². The maximum absolute atomic E-state index is 13.4. The number of halogens is 1. The zero-order chi connectivity index (χ0) is 13.7. The minimum atomic E-state index is -0.378. The highest BCUT2D eigenvalue weighted by molar-refractivity contribution is 5.34. The summed E-state index contributed by atoms with van der Waals surface area (Å²) in [6.07, 6.45) is 1.68. The van der Waals surface area contributed by atoms with Crippen LogP contribution in [0, 0.1) is 5.82 Å². The topological polar surface area (TPSA) is 57.2 Å². The van der Waals surface area contributed by atoms with E-state index in [2.05, 4.69) is 0 Å². The van der Waals surface area contributed by atoms with Gasteiger partial charge < -0.3 is 15.0 Å². The van der Waals surface area contributed by atoms with E-state index in [0.29, 0.717) is 17.9 Å². The van der Waals surface area contributed by atoms with Crippen LogP contribution in [-0.2, 0) is 13.1 Å². The first kappa shape index (κ1) is 13.3. The molecule has 0 amide bonds. The molecule has 0 aliphatic heterocycles. The Morgan fingerprint density at radius 3 is 2.79 bits per heavy atom. The van der Waals surface area contributed by atoms with Crippen molar-refractivity contribution >= 4 is 0 Å². The second-order valence-electron chi connectivity index (χ2n) is 4.00. The Hall–Kier alpha value is -2.14. The van der Waals surface area contributed by atoms with Gasteiger partial charge in [-0.1, -0.05) is 12.1 Å². The number of ether oxygens (including phenoxy) is 1. The molecular formula is C14H15FN2O2. The number of hydrogen-bond donors (Lipinski definition) is 1. The molecule has 1 aromatic carbocycles. The van der Waals surface area contributed by atoms with Crippen LogP contribution in [0.1, 0.15) is 5.56 Å². The summed E-state index contributed by atoms with van der Waals surface area (Å²) in [6, 6.07) is 9.51. The smallest absolute Gasteiger partial charge is 0.250 e. The number of nitrogens with zero attached hydrogens (tertiary/aromatic N) is 1. The normalized spacial score (nSPS) is 10.4. The Morgan fingerprint density at radius 2 is 2.05 bits per heavy atom. The molecule has 2 N–H and O–H groups in total. The van der Waals surface area contributed by atoms with Crippen molar-refractivity contribution in [3.8, 4) is 5.75 Å². The van der Waals surface area contributed by atoms with Crippen LogP contribution in [0.5, 0.6) is 5.75 Å². The zero-order valence-corrected chi connectivity index (χ0v) is 10.4. The molecule has 0 radical (unpaired) electrons. The largest absolute Gasteiger partial charge is 0.491 e. The summed E-state index contributed by atoms with van der Waals surface area (Å²) in [6.45, 7) is 0.758. The lowest BCUT2D eigenvalue weighted by atomic mass is 10.2. The van der Waals surface area contributed by atoms with Gasteiger partial charge in [-0.2, -0.15) is 0 Å². The molecule has 0 saturated heterocycles. The molecule has 19 heavy (non-hydrogen) atoms. The molecule has 0 fully saturated rings. The maximum atomic E-state index is 13.4. The van der Waals surface area contributed by atoms with E-state index in [9.17, 15) is 9.18 Å². The SMILES string of the molecule is NCc1c(F)cccc1OCCn1ccccc1=O. The summed E-state index contributed by atoms with van der Waals surface area (Å²) in [4.78, 5) is 11.5. The fourth-order valence-electron chi connectivity index (χ4n) is 1.77. The van der Waals surface area contributed by atoms with Crippen molar-refractivity contribution in [1.82, 2.24) is 4.57 Å². The summed E-state index contributed by atoms with van der Waals surface area (Å²) in [5.74, 6) is 0.0448. The number of pyridine rings is 1. The minimum absolute atomic E-state index is 0.0767.